The van der Waals surface area contributed by atoms with E-state index in [4.69, 9.17) is 19.9 Å². The lowest BCUT2D eigenvalue weighted by Gasteiger charge is -2.32. The Morgan fingerprint density at radius 3 is 2.58 bits per heavy atom. The molecule has 0 fully saturated rings. The molecule has 1 aliphatic rings. The fourth-order valence-electron chi connectivity index (χ4n) is 3.90. The number of amides is 2. The number of aromatic nitrogens is 1. The van der Waals surface area contributed by atoms with E-state index < -0.39 is 6.09 Å². The summed E-state index contributed by atoms with van der Waals surface area (Å²) in [6.07, 6.45) is 0.0891. The number of H-pyrrole nitrogens is 1. The Bertz CT molecular complexity index is 1190. The highest BCUT2D eigenvalue weighted by atomic mass is 16.6. The molecule has 1 unspecified atom stereocenters. The normalized spacial score (nSPS) is 14.9. The first-order valence-electron chi connectivity index (χ1n) is 10.5. The van der Waals surface area contributed by atoms with Crippen LogP contribution in [0.15, 0.2) is 48.5 Å². The summed E-state index contributed by atoms with van der Waals surface area (Å²) in [5, 5.41) is 2.81. The Morgan fingerprint density at radius 1 is 1.09 bits per heavy atom. The number of anilines is 2. The molecule has 0 bridgehead atoms. The van der Waals surface area contributed by atoms with Gasteiger partial charge in [-0.1, -0.05) is 12.1 Å². The van der Waals surface area contributed by atoms with Crippen molar-refractivity contribution in [3.8, 4) is 17.2 Å². The van der Waals surface area contributed by atoms with Gasteiger partial charge >= 0.3 is 6.09 Å². The number of hydrogen-bond acceptors (Lipinski definition) is 6. The van der Waals surface area contributed by atoms with E-state index >= 15 is 0 Å². The van der Waals surface area contributed by atoms with Crippen LogP contribution in [0.1, 0.15) is 34.7 Å². The average molecular weight is 450 g/mol. The zero-order valence-corrected chi connectivity index (χ0v) is 18.7. The zero-order chi connectivity index (χ0) is 23.5. The van der Waals surface area contributed by atoms with Crippen molar-refractivity contribution in [1.29, 1.82) is 0 Å². The van der Waals surface area contributed by atoms with Gasteiger partial charge in [0.1, 0.15) is 11.4 Å². The van der Waals surface area contributed by atoms with Crippen molar-refractivity contribution in [3.05, 3.63) is 65.5 Å². The van der Waals surface area contributed by atoms with Crippen LogP contribution in [-0.4, -0.2) is 42.6 Å². The van der Waals surface area contributed by atoms with Crippen LogP contribution in [0.25, 0.3) is 0 Å². The Morgan fingerprint density at radius 2 is 1.85 bits per heavy atom. The van der Waals surface area contributed by atoms with E-state index in [0.717, 1.165) is 11.3 Å². The Hall–Kier alpha value is -4.14. The highest BCUT2D eigenvalue weighted by molar-refractivity contribution is 6.04. The number of nitrogens with zero attached hydrogens (tertiary/aromatic N) is 1. The maximum atomic E-state index is 12.9. The van der Waals surface area contributed by atoms with E-state index in [-0.39, 0.29) is 11.9 Å². The van der Waals surface area contributed by atoms with Crippen molar-refractivity contribution >= 4 is 23.4 Å². The predicted octanol–water partition coefficient (Wildman–Crippen LogP) is 3.98. The molecule has 1 aromatic heterocycles. The van der Waals surface area contributed by atoms with Gasteiger partial charge in [0, 0.05) is 24.7 Å². The first kappa shape index (κ1) is 22.1. The molecule has 0 aliphatic carbocycles. The zero-order valence-electron chi connectivity index (χ0n) is 18.7. The molecule has 172 valence electrons. The molecular formula is C24H26N4O5. The Kier molecular flexibility index (Phi) is 6.12. The molecule has 1 atom stereocenters. The van der Waals surface area contributed by atoms with Crippen LogP contribution in [-0.2, 0) is 6.42 Å². The van der Waals surface area contributed by atoms with Crippen molar-refractivity contribution in [2.75, 3.05) is 31.8 Å². The molecular weight excluding hydrogens is 424 g/mol. The van der Waals surface area contributed by atoms with Gasteiger partial charge in [-0.15, -0.1) is 0 Å². The molecule has 9 heteroatoms. The molecule has 4 N–H and O–H groups in total. The van der Waals surface area contributed by atoms with Gasteiger partial charge < -0.3 is 35.1 Å². The number of carbonyl (C=O) groups is 2. The minimum Gasteiger partial charge on any atom is -0.493 e. The first-order chi connectivity index (χ1) is 15.9. The van der Waals surface area contributed by atoms with Crippen molar-refractivity contribution in [2.24, 2.45) is 0 Å². The molecule has 33 heavy (non-hydrogen) atoms. The Balaban J connectivity index is 1.48. The lowest BCUT2D eigenvalue weighted by Crippen LogP contribution is -2.40. The SMILES string of the molecule is COc1ccc(OC(=O)N2CCc3[nH]c(C(=O)Nc4ccccc4N)cc3C2C)cc1OC. The fraction of sp³-hybridized carbons (Fsp3) is 0.250. The van der Waals surface area contributed by atoms with Crippen LogP contribution >= 0.6 is 0 Å². The van der Waals surface area contributed by atoms with Crippen LogP contribution in [0.2, 0.25) is 0 Å². The summed E-state index contributed by atoms with van der Waals surface area (Å²) in [7, 11) is 3.06. The molecule has 2 aromatic carbocycles. The van der Waals surface area contributed by atoms with Gasteiger partial charge in [-0.25, -0.2) is 4.79 Å². The number of methoxy groups -OCH3 is 2. The molecule has 0 saturated heterocycles. The van der Waals surface area contributed by atoms with Gasteiger partial charge in [-0.3, -0.25) is 4.79 Å². The summed E-state index contributed by atoms with van der Waals surface area (Å²) in [6, 6.07) is 13.5. The molecule has 0 saturated carbocycles. The standard InChI is InChI=1S/C24H26N4O5/c1-14-16-13-20(23(29)27-19-7-5-4-6-17(19)25)26-18(16)10-11-28(14)24(30)33-15-8-9-21(31-2)22(12-15)32-3/h4-9,12-14,26H,10-11,25H2,1-3H3,(H,27,29). The summed E-state index contributed by atoms with van der Waals surface area (Å²) in [4.78, 5) is 30.4. The molecule has 9 nitrogen and oxygen atoms in total. The van der Waals surface area contributed by atoms with E-state index in [0.29, 0.717) is 47.3 Å². The number of ether oxygens (including phenoxy) is 3. The lowest BCUT2D eigenvalue weighted by molar-refractivity contribution is 0.102. The number of carbonyl (C=O) groups excluding carboxylic acids is 2. The number of aromatic amines is 1. The highest BCUT2D eigenvalue weighted by Crippen LogP contribution is 2.34. The van der Waals surface area contributed by atoms with Crippen molar-refractivity contribution in [1.82, 2.24) is 9.88 Å². The van der Waals surface area contributed by atoms with E-state index in [9.17, 15) is 9.59 Å². The number of benzene rings is 2. The van der Waals surface area contributed by atoms with Gasteiger partial charge in [0.15, 0.2) is 11.5 Å². The summed E-state index contributed by atoms with van der Waals surface area (Å²) in [5.41, 5.74) is 9.15. The van der Waals surface area contributed by atoms with Crippen LogP contribution in [0.3, 0.4) is 0 Å². The molecule has 2 heterocycles. The van der Waals surface area contributed by atoms with Crippen LogP contribution in [0, 0.1) is 0 Å². The first-order valence-corrected chi connectivity index (χ1v) is 10.5. The number of para-hydroxylation sites is 2. The predicted molar refractivity (Wildman–Crippen MR) is 124 cm³/mol. The topological polar surface area (TPSA) is 119 Å². The number of nitrogen functional groups attached to an aromatic ring is 1. The fourth-order valence-corrected chi connectivity index (χ4v) is 3.90. The van der Waals surface area contributed by atoms with Gasteiger partial charge in [-0.2, -0.15) is 0 Å². The number of hydrogen-bond donors (Lipinski definition) is 3. The smallest absolute Gasteiger partial charge is 0.415 e. The number of rotatable bonds is 5. The van der Waals surface area contributed by atoms with Crippen LogP contribution in [0.5, 0.6) is 17.2 Å². The third-order valence-electron chi connectivity index (χ3n) is 5.70. The lowest BCUT2D eigenvalue weighted by atomic mass is 10.0. The molecule has 0 spiro atoms. The minimum absolute atomic E-state index is 0.277. The van der Waals surface area contributed by atoms with Gasteiger partial charge in [0.25, 0.3) is 5.91 Å². The van der Waals surface area contributed by atoms with E-state index in [1.165, 1.54) is 14.2 Å². The third-order valence-corrected chi connectivity index (χ3v) is 5.70. The summed E-state index contributed by atoms with van der Waals surface area (Å²) >= 11 is 0. The minimum atomic E-state index is -0.482. The van der Waals surface area contributed by atoms with Gasteiger partial charge in [0.05, 0.1) is 31.6 Å². The molecule has 4 rings (SSSR count). The van der Waals surface area contributed by atoms with Crippen molar-refractivity contribution in [2.45, 2.75) is 19.4 Å². The van der Waals surface area contributed by atoms with Crippen molar-refractivity contribution < 1.29 is 23.8 Å². The summed E-state index contributed by atoms with van der Waals surface area (Å²) < 4.78 is 16.1. The van der Waals surface area contributed by atoms with Crippen LogP contribution < -0.4 is 25.3 Å². The molecule has 1 aliphatic heterocycles. The highest BCUT2D eigenvalue weighted by Gasteiger charge is 2.31. The van der Waals surface area contributed by atoms with Crippen molar-refractivity contribution in [3.63, 3.8) is 0 Å². The quantitative estimate of drug-likeness (QED) is 0.506. The summed E-state index contributed by atoms with van der Waals surface area (Å²) in [6.45, 7) is 2.35. The maximum Gasteiger partial charge on any atom is 0.415 e. The summed E-state index contributed by atoms with van der Waals surface area (Å²) in [5.74, 6) is 1.07. The second-order valence-electron chi connectivity index (χ2n) is 7.66. The molecule has 2 amide bonds. The Labute approximate surface area is 191 Å². The van der Waals surface area contributed by atoms with Gasteiger partial charge in [-0.05, 0) is 42.8 Å². The number of nitrogens with two attached hydrogens (primary N) is 1. The average Bonchev–Trinajstić information content (AvgIpc) is 3.26. The second-order valence-corrected chi connectivity index (χ2v) is 7.66. The number of nitrogens with one attached hydrogen (secondary N) is 2. The number of fused-ring (bicyclic) bond motifs is 1. The van der Waals surface area contributed by atoms with E-state index in [1.807, 2.05) is 6.92 Å². The van der Waals surface area contributed by atoms with E-state index in [1.54, 1.807) is 53.4 Å². The maximum absolute atomic E-state index is 12.9. The monoisotopic (exact) mass is 450 g/mol. The molecule has 0 radical (unpaired) electrons. The van der Waals surface area contributed by atoms with Crippen LogP contribution in [0.4, 0.5) is 16.2 Å². The second kappa shape index (κ2) is 9.15. The molecule has 3 aromatic rings. The van der Waals surface area contributed by atoms with E-state index in [2.05, 4.69) is 10.3 Å². The van der Waals surface area contributed by atoms with Gasteiger partial charge in [0.2, 0.25) is 0 Å². The largest absolute Gasteiger partial charge is 0.493 e. The third kappa shape index (κ3) is 4.43.